The molecular formula is C12H17F3S. The van der Waals surface area contributed by atoms with E-state index in [0.717, 1.165) is 16.9 Å². The van der Waals surface area contributed by atoms with E-state index >= 15 is 0 Å². The third kappa shape index (κ3) is 2.59. The van der Waals surface area contributed by atoms with E-state index in [1.807, 2.05) is 34.6 Å². The van der Waals surface area contributed by atoms with Gasteiger partial charge in [0.1, 0.15) is 4.88 Å². The molecule has 0 fully saturated rings. The van der Waals surface area contributed by atoms with Crippen LogP contribution in [-0.2, 0) is 11.6 Å². The van der Waals surface area contributed by atoms with E-state index < -0.39 is 16.5 Å². The highest BCUT2D eigenvalue weighted by molar-refractivity contribution is 7.10. The van der Waals surface area contributed by atoms with E-state index in [9.17, 15) is 13.2 Å². The van der Waals surface area contributed by atoms with Crippen LogP contribution in [0.25, 0.3) is 0 Å². The van der Waals surface area contributed by atoms with Crippen molar-refractivity contribution < 1.29 is 13.2 Å². The van der Waals surface area contributed by atoms with Gasteiger partial charge >= 0.3 is 6.18 Å². The van der Waals surface area contributed by atoms with Crippen molar-refractivity contribution in [1.82, 2.24) is 0 Å². The van der Waals surface area contributed by atoms with Crippen LogP contribution < -0.4 is 0 Å². The zero-order chi connectivity index (χ0) is 12.7. The first kappa shape index (κ1) is 13.6. The molecule has 0 aliphatic rings. The maximum Gasteiger partial charge on any atom is 0.425 e. The minimum atomic E-state index is -4.24. The van der Waals surface area contributed by atoms with E-state index in [4.69, 9.17) is 0 Å². The zero-order valence-corrected chi connectivity index (χ0v) is 11.0. The molecule has 0 nitrogen and oxygen atoms in total. The number of thiophene rings is 1. The molecule has 0 saturated carbocycles. The Hall–Kier alpha value is -0.510. The average molecular weight is 250 g/mol. The molecule has 16 heavy (non-hydrogen) atoms. The molecule has 0 aliphatic carbocycles. The molecule has 0 aliphatic heterocycles. The van der Waals surface area contributed by atoms with Crippen LogP contribution in [0.5, 0.6) is 0 Å². The van der Waals surface area contributed by atoms with Crippen molar-refractivity contribution in [2.45, 2.75) is 52.1 Å². The van der Waals surface area contributed by atoms with E-state index in [2.05, 4.69) is 0 Å². The summed E-state index contributed by atoms with van der Waals surface area (Å²) in [5, 5.41) is 1.65. The van der Waals surface area contributed by atoms with E-state index in [1.165, 1.54) is 0 Å². The normalized spacial score (nSPS) is 13.6. The number of hydrogen-bond acceptors (Lipinski definition) is 1. The van der Waals surface area contributed by atoms with Crippen molar-refractivity contribution in [1.29, 1.82) is 0 Å². The Morgan fingerprint density at radius 1 is 1.12 bits per heavy atom. The van der Waals surface area contributed by atoms with Crippen molar-refractivity contribution >= 4 is 11.3 Å². The summed E-state index contributed by atoms with van der Waals surface area (Å²) in [6.07, 6.45) is -4.24. The van der Waals surface area contributed by atoms with Crippen molar-refractivity contribution in [3.05, 3.63) is 21.4 Å². The fourth-order valence-electron chi connectivity index (χ4n) is 1.78. The monoisotopic (exact) mass is 250 g/mol. The Balaban J connectivity index is 3.44. The summed E-state index contributed by atoms with van der Waals surface area (Å²) in [6.45, 7) is 9.34. The molecule has 0 unspecified atom stereocenters. The largest absolute Gasteiger partial charge is 0.425 e. The summed E-state index contributed by atoms with van der Waals surface area (Å²) in [6, 6.07) is 0. The first-order chi connectivity index (χ1) is 7.05. The quantitative estimate of drug-likeness (QED) is 0.643. The fraction of sp³-hybridized carbons (Fsp3) is 0.667. The van der Waals surface area contributed by atoms with E-state index in [0.29, 0.717) is 5.56 Å². The molecule has 1 rings (SSSR count). The second-order valence-electron chi connectivity index (χ2n) is 5.30. The Kier molecular flexibility index (Phi) is 3.44. The molecule has 0 N–H and O–H groups in total. The highest BCUT2D eigenvalue weighted by atomic mass is 32.1. The average Bonchev–Trinajstić information content (AvgIpc) is 2.43. The molecule has 0 atom stereocenters. The van der Waals surface area contributed by atoms with Crippen LogP contribution in [0.2, 0.25) is 0 Å². The fourth-order valence-corrected chi connectivity index (χ4v) is 3.09. The number of halogens is 3. The van der Waals surface area contributed by atoms with E-state index in [-0.39, 0.29) is 5.92 Å². The van der Waals surface area contributed by atoms with Crippen LogP contribution >= 0.6 is 11.3 Å². The first-order valence-corrected chi connectivity index (χ1v) is 6.12. The van der Waals surface area contributed by atoms with Crippen LogP contribution in [-0.4, -0.2) is 0 Å². The van der Waals surface area contributed by atoms with Gasteiger partial charge in [-0.15, -0.1) is 11.3 Å². The van der Waals surface area contributed by atoms with Crippen molar-refractivity contribution in [3.63, 3.8) is 0 Å². The second kappa shape index (κ2) is 4.06. The van der Waals surface area contributed by atoms with Crippen LogP contribution in [0.3, 0.4) is 0 Å². The molecule has 0 radical (unpaired) electrons. The molecule has 1 heterocycles. The third-order valence-electron chi connectivity index (χ3n) is 2.45. The summed E-state index contributed by atoms with van der Waals surface area (Å²) >= 11 is 0.813. The Labute approximate surface area is 98.5 Å². The zero-order valence-electron chi connectivity index (χ0n) is 10.2. The second-order valence-corrected chi connectivity index (χ2v) is 6.18. The first-order valence-electron chi connectivity index (χ1n) is 5.24. The molecule has 4 heteroatoms. The predicted octanol–water partition coefficient (Wildman–Crippen LogP) is 5.19. The Morgan fingerprint density at radius 2 is 1.62 bits per heavy atom. The van der Waals surface area contributed by atoms with Gasteiger partial charge in [-0.3, -0.25) is 0 Å². The molecule has 0 bridgehead atoms. The molecule has 0 aromatic carbocycles. The lowest BCUT2D eigenvalue weighted by atomic mass is 9.81. The molecule has 1 aromatic heterocycles. The van der Waals surface area contributed by atoms with Crippen molar-refractivity contribution in [2.75, 3.05) is 0 Å². The lowest BCUT2D eigenvalue weighted by Gasteiger charge is -2.24. The van der Waals surface area contributed by atoms with Gasteiger partial charge in [-0.2, -0.15) is 13.2 Å². The van der Waals surface area contributed by atoms with Gasteiger partial charge < -0.3 is 0 Å². The molecule has 0 amide bonds. The number of hydrogen-bond donors (Lipinski definition) is 0. The lowest BCUT2D eigenvalue weighted by Crippen LogP contribution is -2.19. The van der Waals surface area contributed by atoms with Gasteiger partial charge in [0.15, 0.2) is 0 Å². The van der Waals surface area contributed by atoms with Gasteiger partial charge in [-0.25, -0.2) is 0 Å². The van der Waals surface area contributed by atoms with Gasteiger partial charge in [0.2, 0.25) is 0 Å². The molecule has 92 valence electrons. The molecule has 0 saturated heterocycles. The predicted molar refractivity (Wildman–Crippen MR) is 62.1 cm³/mol. The van der Waals surface area contributed by atoms with Crippen molar-refractivity contribution in [3.8, 4) is 0 Å². The maximum absolute atomic E-state index is 12.9. The molecular weight excluding hydrogens is 233 g/mol. The van der Waals surface area contributed by atoms with Crippen LogP contribution in [0.4, 0.5) is 13.2 Å². The molecule has 0 spiro atoms. The SMILES string of the molecule is CC(C)c1csc(C(F)(F)F)c1C(C)(C)C. The number of alkyl halides is 3. The van der Waals surface area contributed by atoms with Crippen molar-refractivity contribution in [2.24, 2.45) is 0 Å². The van der Waals surface area contributed by atoms with Crippen LogP contribution in [0, 0.1) is 0 Å². The van der Waals surface area contributed by atoms with E-state index in [1.54, 1.807) is 5.38 Å². The Bertz CT molecular complexity index is 367. The third-order valence-corrected chi connectivity index (χ3v) is 3.49. The lowest BCUT2D eigenvalue weighted by molar-refractivity contribution is -0.135. The van der Waals surface area contributed by atoms with Gasteiger partial charge in [-0.05, 0) is 27.8 Å². The summed E-state index contributed by atoms with van der Waals surface area (Å²) in [7, 11) is 0. The summed E-state index contributed by atoms with van der Waals surface area (Å²) < 4.78 is 38.6. The summed E-state index contributed by atoms with van der Waals surface area (Å²) in [4.78, 5) is -0.441. The standard InChI is InChI=1S/C12H17F3S/c1-7(2)8-6-16-10(12(13,14)15)9(8)11(3,4)5/h6-7H,1-5H3. The minimum Gasteiger partial charge on any atom is -0.165 e. The Morgan fingerprint density at radius 3 is 1.94 bits per heavy atom. The smallest absolute Gasteiger partial charge is 0.165 e. The number of rotatable bonds is 1. The highest BCUT2D eigenvalue weighted by Crippen LogP contribution is 2.45. The summed E-state index contributed by atoms with van der Waals surface area (Å²) in [5.41, 5.74) is 0.814. The van der Waals surface area contributed by atoms with Gasteiger partial charge in [0.25, 0.3) is 0 Å². The topological polar surface area (TPSA) is 0 Å². The molecule has 1 aromatic rings. The van der Waals surface area contributed by atoms with Gasteiger partial charge in [0.05, 0.1) is 0 Å². The maximum atomic E-state index is 12.9. The van der Waals surface area contributed by atoms with Crippen LogP contribution in [0.1, 0.15) is 56.5 Å². The van der Waals surface area contributed by atoms with Gasteiger partial charge in [0, 0.05) is 0 Å². The summed E-state index contributed by atoms with van der Waals surface area (Å²) in [5.74, 6) is 0.126. The van der Waals surface area contributed by atoms with Gasteiger partial charge in [-0.1, -0.05) is 34.6 Å². The van der Waals surface area contributed by atoms with Crippen LogP contribution in [0.15, 0.2) is 5.38 Å². The minimum absolute atomic E-state index is 0.126. The highest BCUT2D eigenvalue weighted by Gasteiger charge is 2.39.